The average Bonchev–Trinajstić information content (AvgIpc) is 3.13. The summed E-state index contributed by atoms with van der Waals surface area (Å²) >= 11 is 0. The van der Waals surface area contributed by atoms with Crippen molar-refractivity contribution < 1.29 is 4.39 Å². The van der Waals surface area contributed by atoms with Crippen molar-refractivity contribution >= 4 is 0 Å². The van der Waals surface area contributed by atoms with E-state index in [9.17, 15) is 4.39 Å². The van der Waals surface area contributed by atoms with Crippen LogP contribution in [0.15, 0.2) is 24.3 Å². The number of rotatable bonds is 6. The molecule has 1 aliphatic carbocycles. The van der Waals surface area contributed by atoms with E-state index >= 15 is 0 Å². The van der Waals surface area contributed by atoms with Crippen molar-refractivity contribution in [2.45, 2.75) is 46.1 Å². The fourth-order valence-corrected chi connectivity index (χ4v) is 2.64. The van der Waals surface area contributed by atoms with E-state index in [2.05, 4.69) is 26.1 Å². The van der Waals surface area contributed by atoms with Gasteiger partial charge in [0.25, 0.3) is 0 Å². The lowest BCUT2D eigenvalue weighted by atomic mass is 9.91. The third-order valence-corrected chi connectivity index (χ3v) is 4.50. The van der Waals surface area contributed by atoms with Gasteiger partial charge < -0.3 is 5.32 Å². The molecule has 1 atom stereocenters. The SMILES string of the molecule is CCC(NCC1(C(C)C)CC1)c1ccc(F)cc1. The molecule has 0 radical (unpaired) electrons. The van der Waals surface area contributed by atoms with Crippen molar-refractivity contribution in [3.63, 3.8) is 0 Å². The van der Waals surface area contributed by atoms with Gasteiger partial charge in [0, 0.05) is 12.6 Å². The maximum atomic E-state index is 12.9. The summed E-state index contributed by atoms with van der Waals surface area (Å²) in [5.74, 6) is 0.588. The second kappa shape index (κ2) is 5.40. The number of nitrogens with one attached hydrogen (secondary N) is 1. The highest BCUT2D eigenvalue weighted by Gasteiger charge is 2.44. The molecule has 1 fully saturated rings. The Kier molecular flexibility index (Phi) is 4.06. The molecule has 0 bridgehead atoms. The highest BCUT2D eigenvalue weighted by molar-refractivity contribution is 5.20. The molecule has 1 N–H and O–H groups in total. The quantitative estimate of drug-likeness (QED) is 0.792. The van der Waals surface area contributed by atoms with Crippen molar-refractivity contribution in [1.29, 1.82) is 0 Å². The highest BCUT2D eigenvalue weighted by Crippen LogP contribution is 2.51. The van der Waals surface area contributed by atoms with E-state index in [0.29, 0.717) is 11.5 Å². The molecule has 2 rings (SSSR count). The smallest absolute Gasteiger partial charge is 0.123 e. The van der Waals surface area contributed by atoms with E-state index in [1.165, 1.54) is 18.4 Å². The lowest BCUT2D eigenvalue weighted by molar-refractivity contribution is 0.318. The Morgan fingerprint density at radius 2 is 1.83 bits per heavy atom. The Balaban J connectivity index is 1.96. The summed E-state index contributed by atoms with van der Waals surface area (Å²) in [4.78, 5) is 0. The Hall–Kier alpha value is -0.890. The lowest BCUT2D eigenvalue weighted by Crippen LogP contribution is -2.30. The molecule has 0 saturated heterocycles. The van der Waals surface area contributed by atoms with Gasteiger partial charge in [-0.05, 0) is 48.3 Å². The number of halogens is 1. The second-order valence-electron chi connectivity index (χ2n) is 5.91. The zero-order valence-electron chi connectivity index (χ0n) is 11.7. The molecule has 1 saturated carbocycles. The fraction of sp³-hybridized carbons (Fsp3) is 0.625. The average molecular weight is 249 g/mol. The standard InChI is InChI=1S/C16H24FN/c1-4-15(13-5-7-14(17)8-6-13)18-11-16(9-10-16)12(2)3/h5-8,12,15,18H,4,9-11H2,1-3H3. The first-order valence-electron chi connectivity index (χ1n) is 7.06. The molecule has 0 heterocycles. The van der Waals surface area contributed by atoms with Gasteiger partial charge in [-0.2, -0.15) is 0 Å². The Morgan fingerprint density at radius 3 is 2.28 bits per heavy atom. The monoisotopic (exact) mass is 249 g/mol. The first-order valence-corrected chi connectivity index (χ1v) is 7.06. The van der Waals surface area contributed by atoms with Gasteiger partial charge in [-0.1, -0.05) is 32.9 Å². The molecule has 1 aromatic carbocycles. The minimum Gasteiger partial charge on any atom is -0.309 e. The van der Waals surface area contributed by atoms with Gasteiger partial charge in [0.1, 0.15) is 5.82 Å². The van der Waals surface area contributed by atoms with Crippen LogP contribution in [0.2, 0.25) is 0 Å². The molecule has 18 heavy (non-hydrogen) atoms. The summed E-state index contributed by atoms with van der Waals surface area (Å²) in [5, 5.41) is 3.67. The second-order valence-corrected chi connectivity index (χ2v) is 5.91. The first-order chi connectivity index (χ1) is 8.57. The molecule has 0 amide bonds. The topological polar surface area (TPSA) is 12.0 Å². The molecule has 1 aliphatic rings. The van der Waals surface area contributed by atoms with Crippen LogP contribution in [0.1, 0.15) is 51.6 Å². The van der Waals surface area contributed by atoms with Crippen molar-refractivity contribution in [3.8, 4) is 0 Å². The first kappa shape index (κ1) is 13.5. The van der Waals surface area contributed by atoms with Crippen LogP contribution in [0.3, 0.4) is 0 Å². The molecule has 2 heteroatoms. The lowest BCUT2D eigenvalue weighted by Gasteiger charge is -2.25. The summed E-state index contributed by atoms with van der Waals surface area (Å²) in [6.07, 6.45) is 3.73. The van der Waals surface area contributed by atoms with Crippen LogP contribution in [-0.4, -0.2) is 6.54 Å². The van der Waals surface area contributed by atoms with Gasteiger partial charge in [-0.25, -0.2) is 4.39 Å². The van der Waals surface area contributed by atoms with E-state index < -0.39 is 0 Å². The van der Waals surface area contributed by atoms with Gasteiger partial charge in [-0.15, -0.1) is 0 Å². The van der Waals surface area contributed by atoms with Crippen molar-refractivity contribution in [1.82, 2.24) is 5.32 Å². The van der Waals surface area contributed by atoms with Crippen LogP contribution in [0.5, 0.6) is 0 Å². The molecule has 0 aliphatic heterocycles. The summed E-state index contributed by atoms with van der Waals surface area (Å²) in [6, 6.07) is 7.24. The van der Waals surface area contributed by atoms with Crippen LogP contribution < -0.4 is 5.32 Å². The molecule has 0 aromatic heterocycles. The highest BCUT2D eigenvalue weighted by atomic mass is 19.1. The number of hydrogen-bond acceptors (Lipinski definition) is 1. The molecule has 0 spiro atoms. The van der Waals surface area contributed by atoms with E-state index in [0.717, 1.165) is 18.9 Å². The molecular weight excluding hydrogens is 225 g/mol. The van der Waals surface area contributed by atoms with E-state index in [1.54, 1.807) is 12.1 Å². The molecule has 1 aromatic rings. The number of hydrogen-bond donors (Lipinski definition) is 1. The van der Waals surface area contributed by atoms with Crippen LogP contribution in [-0.2, 0) is 0 Å². The van der Waals surface area contributed by atoms with Gasteiger partial charge in [0.05, 0.1) is 0 Å². The van der Waals surface area contributed by atoms with E-state index in [1.807, 2.05) is 12.1 Å². The maximum Gasteiger partial charge on any atom is 0.123 e. The zero-order valence-corrected chi connectivity index (χ0v) is 11.7. The Bertz CT molecular complexity index is 379. The molecule has 100 valence electrons. The van der Waals surface area contributed by atoms with Crippen LogP contribution in [0, 0.1) is 17.2 Å². The molecule has 1 nitrogen and oxygen atoms in total. The van der Waals surface area contributed by atoms with Gasteiger partial charge in [0.15, 0.2) is 0 Å². The predicted molar refractivity (Wildman–Crippen MR) is 73.9 cm³/mol. The van der Waals surface area contributed by atoms with Gasteiger partial charge >= 0.3 is 0 Å². The summed E-state index contributed by atoms with van der Waals surface area (Å²) < 4.78 is 12.9. The van der Waals surface area contributed by atoms with Crippen LogP contribution in [0.4, 0.5) is 4.39 Å². The maximum absolute atomic E-state index is 12.9. The predicted octanol–water partition coefficient (Wildman–Crippen LogP) is 4.30. The third kappa shape index (κ3) is 2.92. The van der Waals surface area contributed by atoms with Crippen molar-refractivity contribution in [2.75, 3.05) is 6.54 Å². The van der Waals surface area contributed by atoms with Gasteiger partial charge in [0.2, 0.25) is 0 Å². The minimum absolute atomic E-state index is 0.158. The third-order valence-electron chi connectivity index (χ3n) is 4.50. The zero-order chi connectivity index (χ0) is 13.2. The summed E-state index contributed by atoms with van der Waals surface area (Å²) in [6.45, 7) is 7.89. The van der Waals surface area contributed by atoms with Crippen molar-refractivity contribution in [3.05, 3.63) is 35.6 Å². The van der Waals surface area contributed by atoms with Crippen LogP contribution >= 0.6 is 0 Å². The largest absolute Gasteiger partial charge is 0.309 e. The van der Waals surface area contributed by atoms with Gasteiger partial charge in [-0.3, -0.25) is 0 Å². The Morgan fingerprint density at radius 1 is 1.22 bits per heavy atom. The molecular formula is C16H24FN. The minimum atomic E-state index is -0.158. The van der Waals surface area contributed by atoms with Crippen LogP contribution in [0.25, 0.3) is 0 Å². The fourth-order valence-electron chi connectivity index (χ4n) is 2.64. The van der Waals surface area contributed by atoms with E-state index in [-0.39, 0.29) is 5.82 Å². The normalized spacial score (nSPS) is 18.9. The summed E-state index contributed by atoms with van der Waals surface area (Å²) in [7, 11) is 0. The van der Waals surface area contributed by atoms with E-state index in [4.69, 9.17) is 0 Å². The molecule has 1 unspecified atom stereocenters. The van der Waals surface area contributed by atoms with Crippen molar-refractivity contribution in [2.24, 2.45) is 11.3 Å². The Labute approximate surface area is 110 Å². The number of benzene rings is 1. The summed E-state index contributed by atoms with van der Waals surface area (Å²) in [5.41, 5.74) is 1.71.